The first-order valence-electron chi connectivity index (χ1n) is 7.72. The Hall–Kier alpha value is -1.14. The number of carbonyl (C=O) groups is 1. The van der Waals surface area contributed by atoms with Gasteiger partial charge in [-0.2, -0.15) is 0 Å². The van der Waals surface area contributed by atoms with Gasteiger partial charge in [0.25, 0.3) is 0 Å². The van der Waals surface area contributed by atoms with Crippen LogP contribution in [0.2, 0.25) is 0 Å². The normalized spacial score (nSPS) is 22.0. The van der Waals surface area contributed by atoms with Crippen LogP contribution in [0.3, 0.4) is 0 Å². The highest BCUT2D eigenvalue weighted by Crippen LogP contribution is 2.18. The summed E-state index contributed by atoms with van der Waals surface area (Å²) in [5.74, 6) is 0.190. The van der Waals surface area contributed by atoms with Crippen molar-refractivity contribution in [1.82, 2.24) is 14.9 Å². The molecule has 0 saturated carbocycles. The molecule has 0 aromatic carbocycles. The zero-order valence-corrected chi connectivity index (χ0v) is 14.9. The second-order valence-electron chi connectivity index (χ2n) is 5.92. The number of hydrogen-bond acceptors (Lipinski definition) is 5. The first-order valence-corrected chi connectivity index (χ1v) is 8.94. The third kappa shape index (κ3) is 4.20. The van der Waals surface area contributed by atoms with Gasteiger partial charge in [-0.25, -0.2) is 9.97 Å². The molecule has 1 amide bonds. The Balaban J connectivity index is 1.99. The van der Waals surface area contributed by atoms with Gasteiger partial charge in [0.05, 0.1) is 12.2 Å². The topological polar surface area (TPSA) is 55.3 Å². The van der Waals surface area contributed by atoms with Crippen molar-refractivity contribution >= 4 is 17.7 Å². The van der Waals surface area contributed by atoms with Gasteiger partial charge in [-0.15, -0.1) is 0 Å². The van der Waals surface area contributed by atoms with E-state index >= 15 is 0 Å². The molecule has 0 bridgehead atoms. The van der Waals surface area contributed by atoms with Crippen LogP contribution in [0.1, 0.15) is 37.2 Å². The van der Waals surface area contributed by atoms with Crippen LogP contribution in [0.5, 0.6) is 0 Å². The van der Waals surface area contributed by atoms with Gasteiger partial charge in [-0.1, -0.05) is 11.8 Å². The zero-order chi connectivity index (χ0) is 16.3. The number of thioether (sulfide) groups is 1. The van der Waals surface area contributed by atoms with Gasteiger partial charge in [0, 0.05) is 30.9 Å². The summed E-state index contributed by atoms with van der Waals surface area (Å²) in [5.41, 5.74) is 3.06. The zero-order valence-electron chi connectivity index (χ0n) is 14.0. The first-order chi connectivity index (χ1) is 10.4. The number of hydrogen-bond donors (Lipinski definition) is 0. The minimum atomic E-state index is 0.111. The van der Waals surface area contributed by atoms with E-state index in [1.165, 1.54) is 0 Å². The van der Waals surface area contributed by atoms with Gasteiger partial charge >= 0.3 is 0 Å². The van der Waals surface area contributed by atoms with E-state index in [9.17, 15) is 4.79 Å². The molecule has 1 saturated heterocycles. The quantitative estimate of drug-likeness (QED) is 0.629. The Bertz CT molecular complexity index is 517. The van der Waals surface area contributed by atoms with E-state index in [-0.39, 0.29) is 18.1 Å². The minimum Gasteiger partial charge on any atom is -0.372 e. The summed E-state index contributed by atoms with van der Waals surface area (Å²) in [7, 11) is 0. The van der Waals surface area contributed by atoms with Crippen molar-refractivity contribution in [1.29, 1.82) is 0 Å². The van der Waals surface area contributed by atoms with E-state index < -0.39 is 0 Å². The Morgan fingerprint density at radius 1 is 1.23 bits per heavy atom. The Morgan fingerprint density at radius 2 is 1.77 bits per heavy atom. The molecule has 5 nitrogen and oxygen atoms in total. The molecule has 0 radical (unpaired) electrons. The van der Waals surface area contributed by atoms with Crippen molar-refractivity contribution in [3.63, 3.8) is 0 Å². The predicted octanol–water partition coefficient (Wildman–Crippen LogP) is 2.38. The molecule has 22 heavy (non-hydrogen) atoms. The largest absolute Gasteiger partial charge is 0.372 e. The molecule has 0 unspecified atom stereocenters. The molecule has 0 N–H and O–H groups in total. The number of carbonyl (C=O) groups excluding carboxylic acids is 1. The van der Waals surface area contributed by atoms with Crippen molar-refractivity contribution in [2.45, 2.75) is 57.9 Å². The smallest absolute Gasteiger partial charge is 0.223 e. The lowest BCUT2D eigenvalue weighted by Gasteiger charge is -2.35. The van der Waals surface area contributed by atoms with Crippen LogP contribution in [0, 0.1) is 13.8 Å². The molecule has 2 atom stereocenters. The van der Waals surface area contributed by atoms with E-state index in [2.05, 4.69) is 9.97 Å². The first kappa shape index (κ1) is 17.2. The van der Waals surface area contributed by atoms with Crippen LogP contribution in [0.4, 0.5) is 0 Å². The van der Waals surface area contributed by atoms with Crippen LogP contribution in [0.15, 0.2) is 5.16 Å². The SMILES string of the molecule is CSc1nc(C)c(CCC(=O)N2C[C@@H](C)O[C@@H](C)C2)c(C)n1. The molecule has 0 aliphatic carbocycles. The maximum atomic E-state index is 12.4. The second-order valence-corrected chi connectivity index (χ2v) is 6.69. The van der Waals surface area contributed by atoms with Gasteiger partial charge in [0.1, 0.15) is 0 Å². The molecule has 1 aliphatic rings. The lowest BCUT2D eigenvalue weighted by Crippen LogP contribution is -2.48. The Labute approximate surface area is 136 Å². The highest BCUT2D eigenvalue weighted by molar-refractivity contribution is 7.98. The fraction of sp³-hybridized carbons (Fsp3) is 0.688. The van der Waals surface area contributed by atoms with Gasteiger partial charge in [0.2, 0.25) is 5.91 Å². The molecule has 1 aromatic heterocycles. The number of nitrogens with zero attached hydrogens (tertiary/aromatic N) is 3. The van der Waals surface area contributed by atoms with E-state index in [1.54, 1.807) is 11.8 Å². The average Bonchev–Trinajstić information content (AvgIpc) is 2.44. The summed E-state index contributed by atoms with van der Waals surface area (Å²) >= 11 is 1.54. The van der Waals surface area contributed by atoms with Gasteiger partial charge in [0.15, 0.2) is 5.16 Å². The lowest BCUT2D eigenvalue weighted by molar-refractivity contribution is -0.143. The number of rotatable bonds is 4. The second kappa shape index (κ2) is 7.42. The molecule has 122 valence electrons. The molecule has 1 aliphatic heterocycles. The molecule has 1 fully saturated rings. The number of aryl methyl sites for hydroxylation is 2. The standard InChI is InChI=1S/C16H25N3O2S/c1-10-8-19(9-11(2)21-10)15(20)7-6-14-12(3)17-16(22-5)18-13(14)4/h10-11H,6-9H2,1-5H3/t10-,11+. The monoisotopic (exact) mass is 323 g/mol. The highest BCUT2D eigenvalue weighted by atomic mass is 32.2. The average molecular weight is 323 g/mol. The maximum Gasteiger partial charge on any atom is 0.223 e. The Morgan fingerprint density at radius 3 is 2.27 bits per heavy atom. The summed E-state index contributed by atoms with van der Waals surface area (Å²) in [5, 5.41) is 0.793. The molecule has 2 heterocycles. The van der Waals surface area contributed by atoms with E-state index in [0.717, 1.165) is 22.1 Å². The van der Waals surface area contributed by atoms with Gasteiger partial charge < -0.3 is 9.64 Å². The van der Waals surface area contributed by atoms with Gasteiger partial charge in [-0.3, -0.25) is 4.79 Å². The summed E-state index contributed by atoms with van der Waals surface area (Å²) in [4.78, 5) is 23.3. The number of amides is 1. The van der Waals surface area contributed by atoms with Crippen LogP contribution in [-0.2, 0) is 16.0 Å². The van der Waals surface area contributed by atoms with Crippen LogP contribution in [-0.4, -0.2) is 52.3 Å². The Kier molecular flexibility index (Phi) is 5.81. The maximum absolute atomic E-state index is 12.4. The van der Waals surface area contributed by atoms with Crippen molar-refractivity contribution in [3.8, 4) is 0 Å². The lowest BCUT2D eigenvalue weighted by atomic mass is 10.1. The van der Waals surface area contributed by atoms with E-state index in [4.69, 9.17) is 4.74 Å². The third-order valence-electron chi connectivity index (χ3n) is 3.94. The molecule has 1 aromatic rings. The minimum absolute atomic E-state index is 0.111. The number of aromatic nitrogens is 2. The van der Waals surface area contributed by atoms with Crippen molar-refractivity contribution in [2.75, 3.05) is 19.3 Å². The summed E-state index contributed by atoms with van der Waals surface area (Å²) < 4.78 is 5.68. The van der Waals surface area contributed by atoms with E-state index in [1.807, 2.05) is 38.9 Å². The third-order valence-corrected chi connectivity index (χ3v) is 4.49. The van der Waals surface area contributed by atoms with Crippen LogP contribution >= 0.6 is 11.8 Å². The molecule has 0 spiro atoms. The summed E-state index contributed by atoms with van der Waals surface area (Å²) in [6.45, 7) is 9.38. The highest BCUT2D eigenvalue weighted by Gasteiger charge is 2.25. The van der Waals surface area contributed by atoms with Crippen molar-refractivity contribution < 1.29 is 9.53 Å². The van der Waals surface area contributed by atoms with Crippen molar-refractivity contribution in [2.24, 2.45) is 0 Å². The molecule has 6 heteroatoms. The number of ether oxygens (including phenoxy) is 1. The van der Waals surface area contributed by atoms with E-state index in [0.29, 0.717) is 25.9 Å². The summed E-state index contributed by atoms with van der Waals surface area (Å²) in [6.07, 6.45) is 3.40. The summed E-state index contributed by atoms with van der Waals surface area (Å²) in [6, 6.07) is 0. The van der Waals surface area contributed by atoms with Crippen LogP contribution < -0.4 is 0 Å². The van der Waals surface area contributed by atoms with Crippen LogP contribution in [0.25, 0.3) is 0 Å². The molecule has 2 rings (SSSR count). The van der Waals surface area contributed by atoms with Gasteiger partial charge in [-0.05, 0) is 45.9 Å². The molecular weight excluding hydrogens is 298 g/mol. The predicted molar refractivity (Wildman–Crippen MR) is 88.2 cm³/mol. The molecular formula is C16H25N3O2S. The number of morpholine rings is 1. The fourth-order valence-corrected chi connectivity index (χ4v) is 3.39. The fourth-order valence-electron chi connectivity index (χ4n) is 2.93. The van der Waals surface area contributed by atoms with Crippen molar-refractivity contribution in [3.05, 3.63) is 17.0 Å².